The normalized spacial score (nSPS) is 11.6. The van der Waals surface area contributed by atoms with E-state index in [4.69, 9.17) is 17.3 Å². The van der Waals surface area contributed by atoms with E-state index in [1.807, 2.05) is 24.3 Å². The van der Waals surface area contributed by atoms with Crippen LogP contribution in [0.1, 0.15) is 25.3 Å². The minimum atomic E-state index is -3.89. The largest absolute Gasteiger partial charge is 0.399 e. The lowest BCUT2D eigenvalue weighted by atomic mass is 9.95. The van der Waals surface area contributed by atoms with Crippen LogP contribution in [0.5, 0.6) is 0 Å². The summed E-state index contributed by atoms with van der Waals surface area (Å²) in [7, 11) is -3.89. The highest BCUT2D eigenvalue weighted by Crippen LogP contribution is 2.30. The number of nitrogens with two attached hydrogens (primary N) is 1. The summed E-state index contributed by atoms with van der Waals surface area (Å²) in [5.74, 6) is 0.167. The van der Waals surface area contributed by atoms with Gasteiger partial charge in [0.1, 0.15) is 5.15 Å². The molecule has 3 N–H and O–H groups in total. The molecule has 3 rings (SSSR count). The minimum absolute atomic E-state index is 0.0233. The lowest BCUT2D eigenvalue weighted by Gasteiger charge is -2.13. The molecule has 140 valence electrons. The molecule has 0 aliphatic carbocycles. The summed E-state index contributed by atoms with van der Waals surface area (Å²) in [6.45, 7) is 4.15. The average molecular weight is 403 g/mol. The minimum Gasteiger partial charge on any atom is -0.399 e. The fourth-order valence-corrected chi connectivity index (χ4v) is 3.88. The predicted molar refractivity (Wildman–Crippen MR) is 108 cm³/mol. The van der Waals surface area contributed by atoms with Gasteiger partial charge in [0.05, 0.1) is 10.6 Å². The van der Waals surface area contributed by atoms with Gasteiger partial charge in [0.2, 0.25) is 5.95 Å². The van der Waals surface area contributed by atoms with Crippen LogP contribution < -0.4 is 10.5 Å². The van der Waals surface area contributed by atoms with Gasteiger partial charge in [-0.15, -0.1) is 0 Å². The summed E-state index contributed by atoms with van der Waals surface area (Å²) in [4.78, 5) is 8.39. The van der Waals surface area contributed by atoms with Crippen LogP contribution in [0.25, 0.3) is 11.3 Å². The van der Waals surface area contributed by atoms with E-state index in [1.165, 1.54) is 12.1 Å². The van der Waals surface area contributed by atoms with E-state index in [2.05, 4.69) is 28.5 Å². The quantitative estimate of drug-likeness (QED) is 0.489. The van der Waals surface area contributed by atoms with Crippen molar-refractivity contribution in [2.45, 2.75) is 24.7 Å². The number of nitrogens with one attached hydrogen (secondary N) is 1. The second-order valence-electron chi connectivity index (χ2n) is 6.32. The first kappa shape index (κ1) is 19.1. The molecule has 0 fully saturated rings. The second-order valence-corrected chi connectivity index (χ2v) is 8.39. The van der Waals surface area contributed by atoms with Gasteiger partial charge in [-0.05, 0) is 29.7 Å². The summed E-state index contributed by atoms with van der Waals surface area (Å²) in [5, 5.41) is 0.142. The van der Waals surface area contributed by atoms with Gasteiger partial charge in [-0.25, -0.2) is 23.1 Å². The van der Waals surface area contributed by atoms with E-state index in [-0.39, 0.29) is 21.9 Å². The summed E-state index contributed by atoms with van der Waals surface area (Å²) in [5.41, 5.74) is 8.52. The van der Waals surface area contributed by atoms with Crippen molar-refractivity contribution in [3.05, 3.63) is 65.3 Å². The Hall–Kier alpha value is -2.64. The third-order valence-corrected chi connectivity index (χ3v) is 5.47. The molecular weight excluding hydrogens is 384 g/mol. The molecule has 1 aromatic heterocycles. The van der Waals surface area contributed by atoms with E-state index in [0.717, 1.165) is 11.1 Å². The van der Waals surface area contributed by atoms with Crippen LogP contribution in [0.4, 0.5) is 11.6 Å². The SMILES string of the molecule is CC(C)c1ccccc1-c1cc(Cl)nc(NS(=O)(=O)c2cccc(N)c2)n1. The van der Waals surface area contributed by atoms with Gasteiger partial charge in [-0.1, -0.05) is 55.8 Å². The van der Waals surface area contributed by atoms with Crippen LogP contribution in [-0.4, -0.2) is 18.4 Å². The molecule has 0 atom stereocenters. The number of hydrogen-bond donors (Lipinski definition) is 2. The number of rotatable bonds is 5. The highest BCUT2D eigenvalue weighted by atomic mass is 35.5. The maximum absolute atomic E-state index is 12.6. The van der Waals surface area contributed by atoms with Crippen LogP contribution in [0.15, 0.2) is 59.5 Å². The first-order valence-corrected chi connectivity index (χ1v) is 10.1. The number of aromatic nitrogens is 2. The Morgan fingerprint density at radius 2 is 1.78 bits per heavy atom. The number of benzene rings is 2. The van der Waals surface area contributed by atoms with E-state index in [9.17, 15) is 8.42 Å². The molecule has 3 aromatic rings. The maximum atomic E-state index is 12.6. The molecular formula is C19H19ClN4O2S. The lowest BCUT2D eigenvalue weighted by Crippen LogP contribution is -2.15. The maximum Gasteiger partial charge on any atom is 0.264 e. The van der Waals surface area contributed by atoms with Crippen LogP contribution in [-0.2, 0) is 10.0 Å². The molecule has 0 aliphatic rings. The van der Waals surface area contributed by atoms with Crippen molar-refractivity contribution in [1.82, 2.24) is 9.97 Å². The predicted octanol–water partition coefficient (Wildman–Crippen LogP) is 4.30. The Bertz CT molecular complexity index is 1080. The number of nitrogen functional groups attached to an aromatic ring is 1. The Balaban J connectivity index is 2.02. The molecule has 0 radical (unpaired) electrons. The number of halogens is 1. The summed E-state index contributed by atoms with van der Waals surface area (Å²) in [6, 6.07) is 15.4. The molecule has 8 heteroatoms. The number of sulfonamides is 1. The van der Waals surface area contributed by atoms with Gasteiger partial charge in [-0.3, -0.25) is 0 Å². The molecule has 6 nitrogen and oxygen atoms in total. The molecule has 27 heavy (non-hydrogen) atoms. The topological polar surface area (TPSA) is 98.0 Å². The molecule has 1 heterocycles. The van der Waals surface area contributed by atoms with Crippen molar-refractivity contribution in [3.63, 3.8) is 0 Å². The average Bonchev–Trinajstić information content (AvgIpc) is 2.61. The monoisotopic (exact) mass is 402 g/mol. The van der Waals surface area contributed by atoms with Gasteiger partial charge in [0.25, 0.3) is 10.0 Å². The molecule has 2 aromatic carbocycles. The fourth-order valence-electron chi connectivity index (χ4n) is 2.70. The lowest BCUT2D eigenvalue weighted by molar-refractivity contribution is 0.601. The summed E-state index contributed by atoms with van der Waals surface area (Å²) < 4.78 is 27.6. The first-order chi connectivity index (χ1) is 12.8. The van der Waals surface area contributed by atoms with Crippen LogP contribution in [0.2, 0.25) is 5.15 Å². The number of anilines is 2. The van der Waals surface area contributed by atoms with Gasteiger partial charge < -0.3 is 5.73 Å². The molecule has 0 saturated heterocycles. The third-order valence-electron chi connectivity index (χ3n) is 3.95. The van der Waals surface area contributed by atoms with E-state index in [0.29, 0.717) is 11.4 Å². The second kappa shape index (κ2) is 7.54. The highest BCUT2D eigenvalue weighted by molar-refractivity contribution is 7.92. The molecule has 0 bridgehead atoms. The van der Waals surface area contributed by atoms with Crippen LogP contribution in [0.3, 0.4) is 0 Å². The summed E-state index contributed by atoms with van der Waals surface area (Å²) >= 11 is 6.13. The first-order valence-electron chi connectivity index (χ1n) is 8.28. The van der Waals surface area contributed by atoms with Crippen molar-refractivity contribution in [2.24, 2.45) is 0 Å². The fraction of sp³-hybridized carbons (Fsp3) is 0.158. The van der Waals surface area contributed by atoms with Crippen molar-refractivity contribution < 1.29 is 8.42 Å². The van der Waals surface area contributed by atoms with Gasteiger partial charge in [0.15, 0.2) is 0 Å². The Kier molecular flexibility index (Phi) is 5.34. The van der Waals surface area contributed by atoms with Crippen molar-refractivity contribution in [1.29, 1.82) is 0 Å². The van der Waals surface area contributed by atoms with Crippen LogP contribution in [0, 0.1) is 0 Å². The van der Waals surface area contributed by atoms with E-state index < -0.39 is 10.0 Å². The highest BCUT2D eigenvalue weighted by Gasteiger charge is 2.18. The zero-order valence-corrected chi connectivity index (χ0v) is 16.4. The zero-order valence-electron chi connectivity index (χ0n) is 14.8. The van der Waals surface area contributed by atoms with Gasteiger partial charge in [0, 0.05) is 17.3 Å². The Morgan fingerprint density at radius 3 is 2.48 bits per heavy atom. The smallest absolute Gasteiger partial charge is 0.264 e. The van der Waals surface area contributed by atoms with Gasteiger partial charge >= 0.3 is 0 Å². The molecule has 0 unspecified atom stereocenters. The number of hydrogen-bond acceptors (Lipinski definition) is 5. The molecule has 0 aliphatic heterocycles. The van der Waals surface area contributed by atoms with E-state index in [1.54, 1.807) is 18.2 Å². The Labute approximate surface area is 163 Å². The third kappa shape index (κ3) is 4.37. The summed E-state index contributed by atoms with van der Waals surface area (Å²) in [6.07, 6.45) is 0. The van der Waals surface area contributed by atoms with Gasteiger partial charge in [-0.2, -0.15) is 0 Å². The standard InChI is InChI=1S/C19H19ClN4O2S/c1-12(2)15-8-3-4-9-16(15)17-11-18(20)23-19(22-17)24-27(25,26)14-7-5-6-13(21)10-14/h3-12H,21H2,1-2H3,(H,22,23,24). The molecule has 0 saturated carbocycles. The van der Waals surface area contributed by atoms with Crippen LogP contribution >= 0.6 is 11.6 Å². The van der Waals surface area contributed by atoms with Crippen molar-refractivity contribution in [3.8, 4) is 11.3 Å². The molecule has 0 amide bonds. The number of nitrogens with zero attached hydrogens (tertiary/aromatic N) is 2. The van der Waals surface area contributed by atoms with Crippen molar-refractivity contribution in [2.75, 3.05) is 10.5 Å². The van der Waals surface area contributed by atoms with Crippen molar-refractivity contribution >= 4 is 33.3 Å². The zero-order chi connectivity index (χ0) is 19.6. The van der Waals surface area contributed by atoms with E-state index >= 15 is 0 Å². The Morgan fingerprint density at radius 1 is 1.04 bits per heavy atom. The molecule has 0 spiro atoms.